The van der Waals surface area contributed by atoms with Crippen LogP contribution in [-0.4, -0.2) is 17.9 Å². The first kappa shape index (κ1) is 19.8. The molecular weight excluding hydrogens is 372 g/mol. The van der Waals surface area contributed by atoms with E-state index in [0.29, 0.717) is 16.4 Å². The highest BCUT2D eigenvalue weighted by molar-refractivity contribution is 6.31. The number of methoxy groups -OCH3 is 1. The lowest BCUT2D eigenvalue weighted by Crippen LogP contribution is -2.15. The van der Waals surface area contributed by atoms with E-state index >= 15 is 0 Å². The molecule has 0 aliphatic heterocycles. The molecule has 9 heteroatoms. The molecule has 0 aliphatic carbocycles. The molecule has 0 saturated carbocycles. The Hall–Kier alpha value is -3.57. The van der Waals surface area contributed by atoms with E-state index in [4.69, 9.17) is 16.3 Å². The lowest BCUT2D eigenvalue weighted by atomic mass is 10.2. The molecule has 0 radical (unpaired) electrons. The first-order valence-electron chi connectivity index (χ1n) is 7.62. The van der Waals surface area contributed by atoms with Gasteiger partial charge in [0.05, 0.1) is 23.8 Å². The van der Waals surface area contributed by atoms with Crippen LogP contribution in [0.3, 0.4) is 0 Å². The standard InChI is InChI=1S/C18H15ClN4O4/c1-11-3-4-13(19)7-16(11)22-18(24)12(9-20)10-21-15-6-5-14(23(25)26)8-17(15)27-2/h3-8,10,21H,1-2H3,(H,22,24)/b12-10-. The van der Waals surface area contributed by atoms with Crippen LogP contribution < -0.4 is 15.4 Å². The number of hydrogen-bond acceptors (Lipinski definition) is 6. The summed E-state index contributed by atoms with van der Waals surface area (Å²) in [4.78, 5) is 22.6. The Bertz CT molecular complexity index is 966. The predicted molar refractivity (Wildman–Crippen MR) is 102 cm³/mol. The lowest BCUT2D eigenvalue weighted by Gasteiger charge is -2.10. The van der Waals surface area contributed by atoms with Crippen molar-refractivity contribution in [1.29, 1.82) is 5.26 Å². The summed E-state index contributed by atoms with van der Waals surface area (Å²) in [5.74, 6) is -0.430. The Morgan fingerprint density at radius 2 is 2.04 bits per heavy atom. The first-order valence-corrected chi connectivity index (χ1v) is 8.00. The number of carbonyl (C=O) groups is 1. The van der Waals surface area contributed by atoms with Gasteiger partial charge in [-0.15, -0.1) is 0 Å². The highest BCUT2D eigenvalue weighted by Crippen LogP contribution is 2.29. The minimum absolute atomic E-state index is 0.143. The van der Waals surface area contributed by atoms with E-state index in [0.717, 1.165) is 5.56 Å². The van der Waals surface area contributed by atoms with Gasteiger partial charge < -0.3 is 15.4 Å². The molecule has 0 atom stereocenters. The normalized spacial score (nSPS) is 10.7. The molecule has 0 unspecified atom stereocenters. The zero-order valence-corrected chi connectivity index (χ0v) is 15.2. The third-order valence-corrected chi connectivity index (χ3v) is 3.82. The predicted octanol–water partition coefficient (Wildman–Crippen LogP) is 4.02. The zero-order chi connectivity index (χ0) is 20.0. The fourth-order valence-corrected chi connectivity index (χ4v) is 2.30. The van der Waals surface area contributed by atoms with Crippen LogP contribution in [0.1, 0.15) is 5.56 Å². The molecule has 2 rings (SSSR count). The second-order valence-electron chi connectivity index (χ2n) is 5.37. The number of nitro benzene ring substituents is 1. The van der Waals surface area contributed by atoms with Crippen molar-refractivity contribution in [3.05, 3.63) is 68.9 Å². The van der Waals surface area contributed by atoms with E-state index in [-0.39, 0.29) is 17.0 Å². The van der Waals surface area contributed by atoms with Crippen LogP contribution in [0, 0.1) is 28.4 Å². The number of nitrogens with zero attached hydrogens (tertiary/aromatic N) is 2. The largest absolute Gasteiger partial charge is 0.494 e. The van der Waals surface area contributed by atoms with Crippen molar-refractivity contribution in [3.8, 4) is 11.8 Å². The van der Waals surface area contributed by atoms with Crippen molar-refractivity contribution in [2.45, 2.75) is 6.92 Å². The second kappa shape index (κ2) is 8.69. The van der Waals surface area contributed by atoms with Gasteiger partial charge >= 0.3 is 0 Å². The number of hydrogen-bond donors (Lipinski definition) is 2. The summed E-state index contributed by atoms with van der Waals surface area (Å²) in [7, 11) is 1.35. The number of anilines is 2. The first-order chi connectivity index (χ1) is 12.8. The maximum Gasteiger partial charge on any atom is 0.273 e. The molecule has 2 N–H and O–H groups in total. The van der Waals surface area contributed by atoms with Crippen LogP contribution >= 0.6 is 11.6 Å². The fraction of sp³-hybridized carbons (Fsp3) is 0.111. The Morgan fingerprint density at radius 3 is 2.67 bits per heavy atom. The molecule has 0 aliphatic rings. The third-order valence-electron chi connectivity index (χ3n) is 3.58. The van der Waals surface area contributed by atoms with E-state index in [2.05, 4.69) is 10.6 Å². The summed E-state index contributed by atoms with van der Waals surface area (Å²) < 4.78 is 5.09. The second-order valence-corrected chi connectivity index (χ2v) is 5.81. The number of rotatable bonds is 6. The van der Waals surface area contributed by atoms with Crippen LogP contribution in [0.2, 0.25) is 5.02 Å². The molecule has 1 amide bonds. The Labute approximate surface area is 160 Å². The average molecular weight is 387 g/mol. The van der Waals surface area contributed by atoms with E-state index in [9.17, 15) is 20.2 Å². The van der Waals surface area contributed by atoms with Gasteiger partial charge in [0.25, 0.3) is 11.6 Å². The SMILES string of the molecule is COc1cc([N+](=O)[O-])ccc1N/C=C(/C#N)C(=O)Nc1cc(Cl)ccc1C. The van der Waals surface area contributed by atoms with Gasteiger partial charge in [0.1, 0.15) is 17.4 Å². The van der Waals surface area contributed by atoms with Gasteiger partial charge in [0.2, 0.25) is 0 Å². The summed E-state index contributed by atoms with van der Waals surface area (Å²) >= 11 is 5.92. The van der Waals surface area contributed by atoms with Gasteiger partial charge in [-0.1, -0.05) is 17.7 Å². The number of nitro groups is 1. The van der Waals surface area contributed by atoms with E-state index in [1.165, 1.54) is 31.5 Å². The number of benzene rings is 2. The van der Waals surface area contributed by atoms with Crippen molar-refractivity contribution in [1.82, 2.24) is 0 Å². The molecule has 27 heavy (non-hydrogen) atoms. The molecule has 0 heterocycles. The van der Waals surface area contributed by atoms with Crippen LogP contribution in [0.25, 0.3) is 0 Å². The minimum Gasteiger partial charge on any atom is -0.494 e. The van der Waals surface area contributed by atoms with E-state index in [1.54, 1.807) is 31.2 Å². The summed E-state index contributed by atoms with van der Waals surface area (Å²) in [6.07, 6.45) is 1.19. The van der Waals surface area contributed by atoms with E-state index < -0.39 is 10.8 Å². The Balaban J connectivity index is 2.21. The van der Waals surface area contributed by atoms with Gasteiger partial charge in [-0.05, 0) is 30.7 Å². The maximum absolute atomic E-state index is 12.3. The molecular formula is C18H15ClN4O4. The number of nitriles is 1. The van der Waals surface area contributed by atoms with Crippen LogP contribution in [0.4, 0.5) is 17.1 Å². The van der Waals surface area contributed by atoms with E-state index in [1.807, 2.05) is 0 Å². The maximum atomic E-state index is 12.3. The number of non-ortho nitro benzene ring substituents is 1. The monoisotopic (exact) mass is 386 g/mol. The zero-order valence-electron chi connectivity index (χ0n) is 14.4. The molecule has 0 fully saturated rings. The summed E-state index contributed by atoms with van der Waals surface area (Å²) in [5, 5.41) is 25.9. The molecule has 138 valence electrons. The van der Waals surface area contributed by atoms with Gasteiger partial charge in [-0.3, -0.25) is 14.9 Å². The van der Waals surface area contributed by atoms with Crippen molar-refractivity contribution < 1.29 is 14.5 Å². The van der Waals surface area contributed by atoms with Gasteiger partial charge in [-0.2, -0.15) is 5.26 Å². The van der Waals surface area contributed by atoms with Crippen molar-refractivity contribution in [3.63, 3.8) is 0 Å². The number of aryl methyl sites for hydroxylation is 1. The number of ether oxygens (including phenoxy) is 1. The summed E-state index contributed by atoms with van der Waals surface area (Å²) in [5.41, 5.74) is 1.30. The van der Waals surface area contributed by atoms with Crippen LogP contribution in [-0.2, 0) is 4.79 Å². The summed E-state index contributed by atoms with van der Waals surface area (Å²) in [6, 6.07) is 10.7. The molecule has 0 spiro atoms. The quantitative estimate of drug-likeness (QED) is 0.335. The molecule has 0 saturated heterocycles. The minimum atomic E-state index is -0.628. The van der Waals surface area contributed by atoms with Gasteiger partial charge in [0.15, 0.2) is 0 Å². The van der Waals surface area contributed by atoms with Crippen molar-refractivity contribution in [2.75, 3.05) is 17.7 Å². The lowest BCUT2D eigenvalue weighted by molar-refractivity contribution is -0.384. The Morgan fingerprint density at radius 1 is 1.30 bits per heavy atom. The number of nitrogens with one attached hydrogen (secondary N) is 2. The smallest absolute Gasteiger partial charge is 0.273 e. The summed E-state index contributed by atoms with van der Waals surface area (Å²) in [6.45, 7) is 1.79. The number of carbonyl (C=O) groups excluding carboxylic acids is 1. The van der Waals surface area contributed by atoms with Gasteiger partial charge in [-0.25, -0.2) is 0 Å². The molecule has 8 nitrogen and oxygen atoms in total. The fourth-order valence-electron chi connectivity index (χ4n) is 2.13. The molecule has 0 aromatic heterocycles. The highest BCUT2D eigenvalue weighted by Gasteiger charge is 2.13. The Kier molecular flexibility index (Phi) is 6.36. The van der Waals surface area contributed by atoms with Crippen molar-refractivity contribution >= 4 is 34.6 Å². The van der Waals surface area contributed by atoms with Crippen LogP contribution in [0.15, 0.2) is 48.2 Å². The topological polar surface area (TPSA) is 117 Å². The highest BCUT2D eigenvalue weighted by atomic mass is 35.5. The molecule has 2 aromatic rings. The number of amides is 1. The average Bonchev–Trinajstić information content (AvgIpc) is 2.65. The number of halogens is 1. The van der Waals surface area contributed by atoms with Gasteiger partial charge in [0, 0.05) is 23.0 Å². The molecule has 0 bridgehead atoms. The van der Waals surface area contributed by atoms with Crippen molar-refractivity contribution in [2.24, 2.45) is 0 Å². The molecule has 2 aromatic carbocycles. The van der Waals surface area contributed by atoms with Crippen LogP contribution in [0.5, 0.6) is 5.75 Å². The third kappa shape index (κ3) is 4.96.